The predicted molar refractivity (Wildman–Crippen MR) is 128 cm³/mol. The summed E-state index contributed by atoms with van der Waals surface area (Å²) in [6, 6.07) is 9.04. The number of piperidine rings is 1. The second kappa shape index (κ2) is 9.86. The van der Waals surface area contributed by atoms with Crippen LogP contribution in [-0.4, -0.2) is 44.6 Å². The van der Waals surface area contributed by atoms with Crippen molar-refractivity contribution in [2.45, 2.75) is 63.8 Å². The Morgan fingerprint density at radius 3 is 2.50 bits per heavy atom. The summed E-state index contributed by atoms with van der Waals surface area (Å²) in [4.78, 5) is 11.8. The third-order valence-electron chi connectivity index (χ3n) is 7.13. The molecule has 1 aliphatic carbocycles. The number of anilines is 3. The van der Waals surface area contributed by atoms with Crippen LogP contribution in [0.3, 0.4) is 0 Å². The molecule has 5 rings (SSSR count). The molecule has 0 amide bonds. The van der Waals surface area contributed by atoms with E-state index < -0.39 is 0 Å². The number of hydrogen-bond donors (Lipinski definition) is 2. The molecule has 3 heterocycles. The van der Waals surface area contributed by atoms with Crippen LogP contribution in [-0.2, 0) is 0 Å². The van der Waals surface area contributed by atoms with Crippen molar-refractivity contribution in [3.05, 3.63) is 36.7 Å². The van der Waals surface area contributed by atoms with Gasteiger partial charge in [0.15, 0.2) is 5.65 Å². The van der Waals surface area contributed by atoms with Crippen molar-refractivity contribution in [3.63, 3.8) is 0 Å². The number of aliphatic hydroxyl groups is 1. The van der Waals surface area contributed by atoms with Crippen LogP contribution >= 0.6 is 0 Å². The molecule has 0 bridgehead atoms. The van der Waals surface area contributed by atoms with E-state index in [0.717, 1.165) is 48.6 Å². The average Bonchev–Trinajstić information content (AvgIpc) is 3.27. The van der Waals surface area contributed by atoms with Crippen LogP contribution in [0.2, 0.25) is 0 Å². The van der Waals surface area contributed by atoms with Gasteiger partial charge in [-0.15, -0.1) is 0 Å². The molecule has 1 aliphatic heterocycles. The third kappa shape index (κ3) is 4.72. The van der Waals surface area contributed by atoms with Gasteiger partial charge in [-0.3, -0.25) is 0 Å². The second-order valence-electron chi connectivity index (χ2n) is 9.32. The monoisotopic (exact) mass is 434 g/mol. The minimum absolute atomic E-state index is 0.314. The zero-order valence-electron chi connectivity index (χ0n) is 18.8. The van der Waals surface area contributed by atoms with Gasteiger partial charge in [-0.25, -0.2) is 9.67 Å². The van der Waals surface area contributed by atoms with E-state index in [-0.39, 0.29) is 0 Å². The quantitative estimate of drug-likeness (QED) is 0.541. The lowest BCUT2D eigenvalue weighted by atomic mass is 9.92. The van der Waals surface area contributed by atoms with E-state index in [0.29, 0.717) is 18.6 Å². The van der Waals surface area contributed by atoms with E-state index in [9.17, 15) is 0 Å². The summed E-state index contributed by atoms with van der Waals surface area (Å²) >= 11 is 0. The fraction of sp³-hybridized carbons (Fsp3) is 0.560. The van der Waals surface area contributed by atoms with E-state index in [1.165, 1.54) is 50.6 Å². The fourth-order valence-corrected chi connectivity index (χ4v) is 5.23. The first-order valence-electron chi connectivity index (χ1n) is 12.2. The van der Waals surface area contributed by atoms with E-state index in [4.69, 9.17) is 10.1 Å². The summed E-state index contributed by atoms with van der Waals surface area (Å²) in [5, 5.41) is 18.0. The SMILES string of the molecule is OCCCC1CCN(c2ccc(Nc3ncc4cnn(C5CCCCC5)c4n3)cc2)CC1. The molecule has 2 aromatic heterocycles. The number of nitrogens with zero attached hydrogens (tertiary/aromatic N) is 5. The molecule has 0 atom stereocenters. The molecule has 2 N–H and O–H groups in total. The minimum Gasteiger partial charge on any atom is -0.396 e. The predicted octanol–water partition coefficient (Wildman–Crippen LogP) is 5.06. The Morgan fingerprint density at radius 2 is 1.75 bits per heavy atom. The van der Waals surface area contributed by atoms with Gasteiger partial charge in [-0.05, 0) is 68.7 Å². The Kier molecular flexibility index (Phi) is 6.53. The summed E-state index contributed by atoms with van der Waals surface area (Å²) in [5.74, 6) is 1.38. The maximum Gasteiger partial charge on any atom is 0.229 e. The van der Waals surface area contributed by atoms with Crippen molar-refractivity contribution in [1.29, 1.82) is 0 Å². The fourth-order valence-electron chi connectivity index (χ4n) is 5.23. The highest BCUT2D eigenvalue weighted by molar-refractivity contribution is 5.75. The molecule has 2 fully saturated rings. The molecule has 7 nitrogen and oxygen atoms in total. The molecule has 0 radical (unpaired) electrons. The lowest BCUT2D eigenvalue weighted by molar-refractivity contribution is 0.261. The maximum atomic E-state index is 9.04. The summed E-state index contributed by atoms with van der Waals surface area (Å²) in [6.07, 6.45) is 14.5. The second-order valence-corrected chi connectivity index (χ2v) is 9.32. The molecule has 1 saturated heterocycles. The molecular weight excluding hydrogens is 400 g/mol. The van der Waals surface area contributed by atoms with Gasteiger partial charge in [0.05, 0.1) is 17.6 Å². The van der Waals surface area contributed by atoms with Crippen molar-refractivity contribution >= 4 is 28.4 Å². The topological polar surface area (TPSA) is 79.1 Å². The Bertz CT molecular complexity index is 1000. The van der Waals surface area contributed by atoms with E-state index in [2.05, 4.69) is 49.2 Å². The van der Waals surface area contributed by atoms with Crippen molar-refractivity contribution in [1.82, 2.24) is 19.7 Å². The summed E-state index contributed by atoms with van der Waals surface area (Å²) in [7, 11) is 0. The molecule has 1 saturated carbocycles. The number of aromatic nitrogens is 4. The highest BCUT2D eigenvalue weighted by Crippen LogP contribution is 2.30. The smallest absolute Gasteiger partial charge is 0.229 e. The molecule has 32 heavy (non-hydrogen) atoms. The molecule has 0 spiro atoms. The molecule has 3 aromatic rings. The summed E-state index contributed by atoms with van der Waals surface area (Å²) in [5.41, 5.74) is 3.19. The number of aliphatic hydroxyl groups excluding tert-OH is 1. The molecule has 2 aliphatic rings. The molecule has 7 heteroatoms. The lowest BCUT2D eigenvalue weighted by Gasteiger charge is -2.33. The maximum absolute atomic E-state index is 9.04. The van der Waals surface area contributed by atoms with Crippen LogP contribution in [0.15, 0.2) is 36.7 Å². The standard InChI is InChI=1S/C25H34N6O/c32-16-4-5-19-12-14-30(15-13-19)22-10-8-21(9-11-22)28-25-26-17-20-18-27-31(24(20)29-25)23-6-2-1-3-7-23/h8-11,17-19,23,32H,1-7,12-16H2,(H,26,28,29). The lowest BCUT2D eigenvalue weighted by Crippen LogP contribution is -2.33. The van der Waals surface area contributed by atoms with Crippen LogP contribution in [0.1, 0.15) is 63.8 Å². The summed E-state index contributed by atoms with van der Waals surface area (Å²) < 4.78 is 2.11. The minimum atomic E-state index is 0.314. The van der Waals surface area contributed by atoms with E-state index >= 15 is 0 Å². The zero-order valence-corrected chi connectivity index (χ0v) is 18.8. The molecule has 0 unspecified atom stereocenters. The van der Waals surface area contributed by atoms with Gasteiger partial charge in [-0.1, -0.05) is 19.3 Å². The van der Waals surface area contributed by atoms with Crippen LogP contribution in [0.5, 0.6) is 0 Å². The van der Waals surface area contributed by atoms with E-state index in [1.54, 1.807) is 0 Å². The van der Waals surface area contributed by atoms with E-state index in [1.807, 2.05) is 12.4 Å². The Labute approximate surface area is 189 Å². The number of hydrogen-bond acceptors (Lipinski definition) is 6. The van der Waals surface area contributed by atoms with Gasteiger partial charge in [0.2, 0.25) is 5.95 Å². The number of rotatable bonds is 7. The Balaban J connectivity index is 1.24. The highest BCUT2D eigenvalue weighted by atomic mass is 16.2. The van der Waals surface area contributed by atoms with Crippen LogP contribution in [0.25, 0.3) is 11.0 Å². The first kappa shape index (κ1) is 21.2. The van der Waals surface area contributed by atoms with Gasteiger partial charge in [0.1, 0.15) is 0 Å². The van der Waals surface area contributed by atoms with Crippen LogP contribution < -0.4 is 10.2 Å². The number of benzene rings is 1. The van der Waals surface area contributed by atoms with Gasteiger partial charge in [0.25, 0.3) is 0 Å². The normalized spacial score (nSPS) is 18.3. The van der Waals surface area contributed by atoms with Crippen molar-refractivity contribution in [2.75, 3.05) is 29.9 Å². The van der Waals surface area contributed by atoms with Crippen LogP contribution in [0.4, 0.5) is 17.3 Å². The van der Waals surface area contributed by atoms with Crippen LogP contribution in [0, 0.1) is 5.92 Å². The third-order valence-corrected chi connectivity index (χ3v) is 7.13. The average molecular weight is 435 g/mol. The number of fused-ring (bicyclic) bond motifs is 1. The first-order chi connectivity index (χ1) is 15.8. The molecule has 170 valence electrons. The van der Waals surface area contributed by atoms with Gasteiger partial charge < -0.3 is 15.3 Å². The molecular formula is C25H34N6O. The Morgan fingerprint density at radius 1 is 0.969 bits per heavy atom. The number of nitrogens with one attached hydrogen (secondary N) is 1. The van der Waals surface area contributed by atoms with Crippen molar-refractivity contribution in [3.8, 4) is 0 Å². The van der Waals surface area contributed by atoms with Gasteiger partial charge in [0, 0.05) is 37.3 Å². The van der Waals surface area contributed by atoms with Gasteiger partial charge >= 0.3 is 0 Å². The van der Waals surface area contributed by atoms with Gasteiger partial charge in [-0.2, -0.15) is 10.1 Å². The molecule has 1 aromatic carbocycles. The Hall–Kier alpha value is -2.67. The largest absolute Gasteiger partial charge is 0.396 e. The highest BCUT2D eigenvalue weighted by Gasteiger charge is 2.20. The first-order valence-corrected chi connectivity index (χ1v) is 12.2. The zero-order chi connectivity index (χ0) is 21.8. The van der Waals surface area contributed by atoms with Crippen molar-refractivity contribution in [2.24, 2.45) is 5.92 Å². The summed E-state index contributed by atoms with van der Waals surface area (Å²) in [6.45, 7) is 2.50. The van der Waals surface area contributed by atoms with Crippen molar-refractivity contribution < 1.29 is 5.11 Å².